The highest BCUT2D eigenvalue weighted by Crippen LogP contribution is 2.24. The monoisotopic (exact) mass is 183 g/mol. The van der Waals surface area contributed by atoms with Gasteiger partial charge in [-0.3, -0.25) is 5.41 Å². The molecular formula is C9H10ClNO. The van der Waals surface area contributed by atoms with E-state index >= 15 is 0 Å². The predicted octanol–water partition coefficient (Wildman–Crippen LogP) is 2.89. The van der Waals surface area contributed by atoms with Gasteiger partial charge in [0.25, 0.3) is 0 Å². The van der Waals surface area contributed by atoms with Crippen molar-refractivity contribution in [3.8, 4) is 5.75 Å². The lowest BCUT2D eigenvalue weighted by Gasteiger charge is -2.03. The summed E-state index contributed by atoms with van der Waals surface area (Å²) in [7, 11) is 0. The summed E-state index contributed by atoms with van der Waals surface area (Å²) >= 11 is 5.86. The smallest absolute Gasteiger partial charge is 0.173 e. The highest BCUT2D eigenvalue weighted by molar-refractivity contribution is 6.32. The standard InChI is InChI=1S/C9H10ClNO/c1-2-7-3-4-9(12-6-11)8(10)5-7/h3-6,11H,2H2,1H3. The van der Waals surface area contributed by atoms with E-state index in [0.29, 0.717) is 10.8 Å². The summed E-state index contributed by atoms with van der Waals surface area (Å²) in [6.45, 7) is 2.06. The van der Waals surface area contributed by atoms with Crippen molar-refractivity contribution >= 4 is 18.0 Å². The number of hydrogen-bond donors (Lipinski definition) is 1. The summed E-state index contributed by atoms with van der Waals surface area (Å²) in [6, 6.07) is 5.55. The molecule has 0 aliphatic rings. The molecule has 0 fully saturated rings. The van der Waals surface area contributed by atoms with Gasteiger partial charge in [0.15, 0.2) is 6.40 Å². The molecular weight excluding hydrogens is 174 g/mol. The molecule has 1 rings (SSSR count). The number of hydrogen-bond acceptors (Lipinski definition) is 2. The molecule has 0 aromatic heterocycles. The maximum Gasteiger partial charge on any atom is 0.173 e. The maximum atomic E-state index is 6.73. The minimum Gasteiger partial charge on any atom is -0.445 e. The lowest BCUT2D eigenvalue weighted by atomic mass is 10.2. The lowest BCUT2D eigenvalue weighted by molar-refractivity contribution is 0.570. The van der Waals surface area contributed by atoms with Gasteiger partial charge in [-0.1, -0.05) is 24.6 Å². The number of nitrogens with one attached hydrogen (secondary N) is 1. The number of ether oxygens (including phenoxy) is 1. The first-order chi connectivity index (χ1) is 5.77. The fourth-order valence-electron chi connectivity index (χ4n) is 0.923. The summed E-state index contributed by atoms with van der Waals surface area (Å²) in [4.78, 5) is 0. The van der Waals surface area contributed by atoms with Gasteiger partial charge in [-0.15, -0.1) is 0 Å². The first-order valence-electron chi connectivity index (χ1n) is 3.72. The molecule has 0 aliphatic heterocycles. The van der Waals surface area contributed by atoms with Crippen molar-refractivity contribution in [2.45, 2.75) is 13.3 Å². The average molecular weight is 184 g/mol. The second-order valence-corrected chi connectivity index (χ2v) is 2.76. The molecule has 12 heavy (non-hydrogen) atoms. The number of rotatable bonds is 3. The van der Waals surface area contributed by atoms with E-state index in [-0.39, 0.29) is 0 Å². The van der Waals surface area contributed by atoms with Crippen LogP contribution < -0.4 is 4.74 Å². The topological polar surface area (TPSA) is 33.1 Å². The van der Waals surface area contributed by atoms with Crippen LogP contribution in [-0.4, -0.2) is 6.40 Å². The largest absolute Gasteiger partial charge is 0.445 e. The minimum absolute atomic E-state index is 0.531. The van der Waals surface area contributed by atoms with Crippen molar-refractivity contribution in [3.63, 3.8) is 0 Å². The molecule has 0 saturated heterocycles. The number of benzene rings is 1. The van der Waals surface area contributed by atoms with Crippen LogP contribution in [0.1, 0.15) is 12.5 Å². The summed E-state index contributed by atoms with van der Waals surface area (Å²) in [5.41, 5.74) is 1.16. The van der Waals surface area contributed by atoms with Crippen LogP contribution in [0.5, 0.6) is 5.75 Å². The average Bonchev–Trinajstić information content (AvgIpc) is 2.09. The fraction of sp³-hybridized carbons (Fsp3) is 0.222. The second kappa shape index (κ2) is 4.12. The quantitative estimate of drug-likeness (QED) is 0.567. The Labute approximate surface area is 76.6 Å². The van der Waals surface area contributed by atoms with Gasteiger partial charge in [0.2, 0.25) is 0 Å². The third-order valence-electron chi connectivity index (χ3n) is 1.59. The van der Waals surface area contributed by atoms with Crippen molar-refractivity contribution in [2.75, 3.05) is 0 Å². The maximum absolute atomic E-state index is 6.73. The van der Waals surface area contributed by atoms with Crippen LogP contribution in [0.2, 0.25) is 5.02 Å². The van der Waals surface area contributed by atoms with Crippen LogP contribution in [0, 0.1) is 5.41 Å². The zero-order chi connectivity index (χ0) is 8.97. The molecule has 1 N–H and O–H groups in total. The molecule has 0 amide bonds. The van der Waals surface area contributed by atoms with Crippen LogP contribution in [0.25, 0.3) is 0 Å². The molecule has 3 heteroatoms. The van der Waals surface area contributed by atoms with E-state index in [1.54, 1.807) is 6.07 Å². The van der Waals surface area contributed by atoms with Crippen LogP contribution in [0.4, 0.5) is 0 Å². The Hall–Kier alpha value is -1.02. The minimum atomic E-state index is 0.531. The molecule has 0 radical (unpaired) electrons. The van der Waals surface area contributed by atoms with Crippen LogP contribution in [0.15, 0.2) is 18.2 Å². The summed E-state index contributed by atoms with van der Waals surface area (Å²) in [5.74, 6) is 0.531. The summed E-state index contributed by atoms with van der Waals surface area (Å²) in [6.07, 6.45) is 1.82. The Morgan fingerprint density at radius 2 is 2.33 bits per heavy atom. The molecule has 0 spiro atoms. The van der Waals surface area contributed by atoms with Crippen molar-refractivity contribution in [3.05, 3.63) is 28.8 Å². The van der Waals surface area contributed by atoms with E-state index in [0.717, 1.165) is 18.4 Å². The molecule has 1 aromatic rings. The third kappa shape index (κ3) is 1.98. The van der Waals surface area contributed by atoms with E-state index in [9.17, 15) is 0 Å². The summed E-state index contributed by atoms with van der Waals surface area (Å²) < 4.78 is 4.85. The normalized spacial score (nSPS) is 9.50. The van der Waals surface area contributed by atoms with Crippen molar-refractivity contribution in [1.29, 1.82) is 5.41 Å². The summed E-state index contributed by atoms with van der Waals surface area (Å²) in [5, 5.41) is 7.28. The highest BCUT2D eigenvalue weighted by atomic mass is 35.5. The van der Waals surface area contributed by atoms with Crippen LogP contribution in [-0.2, 0) is 6.42 Å². The van der Waals surface area contributed by atoms with Crippen LogP contribution >= 0.6 is 11.6 Å². The van der Waals surface area contributed by atoms with Crippen molar-refractivity contribution in [1.82, 2.24) is 0 Å². The molecule has 0 aliphatic carbocycles. The predicted molar refractivity (Wildman–Crippen MR) is 50.2 cm³/mol. The number of aryl methyl sites for hydroxylation is 1. The first-order valence-corrected chi connectivity index (χ1v) is 4.09. The zero-order valence-electron chi connectivity index (χ0n) is 6.80. The highest BCUT2D eigenvalue weighted by Gasteiger charge is 2.00. The fourth-order valence-corrected chi connectivity index (χ4v) is 1.17. The Morgan fingerprint density at radius 1 is 1.58 bits per heavy atom. The lowest BCUT2D eigenvalue weighted by Crippen LogP contribution is -1.89. The van der Waals surface area contributed by atoms with Crippen molar-refractivity contribution < 1.29 is 4.74 Å². The molecule has 0 bridgehead atoms. The van der Waals surface area contributed by atoms with Crippen molar-refractivity contribution in [2.24, 2.45) is 0 Å². The van der Waals surface area contributed by atoms with Gasteiger partial charge in [-0.2, -0.15) is 0 Å². The van der Waals surface area contributed by atoms with Gasteiger partial charge in [-0.25, -0.2) is 0 Å². The molecule has 0 atom stereocenters. The third-order valence-corrected chi connectivity index (χ3v) is 1.89. The Morgan fingerprint density at radius 3 is 2.83 bits per heavy atom. The van der Waals surface area contributed by atoms with Gasteiger partial charge in [0.1, 0.15) is 5.75 Å². The SMILES string of the molecule is CCc1ccc(OC=N)c(Cl)c1. The van der Waals surface area contributed by atoms with E-state index in [2.05, 4.69) is 6.92 Å². The molecule has 2 nitrogen and oxygen atoms in total. The van der Waals surface area contributed by atoms with Gasteiger partial charge >= 0.3 is 0 Å². The first kappa shape index (κ1) is 9.07. The molecule has 1 aromatic carbocycles. The Balaban J connectivity index is 2.94. The molecule has 0 saturated carbocycles. The molecule has 0 heterocycles. The molecule has 64 valence electrons. The van der Waals surface area contributed by atoms with Gasteiger partial charge in [0, 0.05) is 0 Å². The van der Waals surface area contributed by atoms with E-state index in [4.69, 9.17) is 21.7 Å². The zero-order valence-corrected chi connectivity index (χ0v) is 7.56. The van der Waals surface area contributed by atoms with E-state index < -0.39 is 0 Å². The Bertz CT molecular complexity index is 286. The van der Waals surface area contributed by atoms with E-state index in [1.165, 1.54) is 0 Å². The molecule has 0 unspecified atom stereocenters. The second-order valence-electron chi connectivity index (χ2n) is 2.35. The van der Waals surface area contributed by atoms with Crippen LogP contribution in [0.3, 0.4) is 0 Å². The van der Waals surface area contributed by atoms with Gasteiger partial charge in [-0.05, 0) is 24.1 Å². The van der Waals surface area contributed by atoms with Gasteiger partial charge < -0.3 is 4.74 Å². The number of halogens is 1. The Kier molecular flexibility index (Phi) is 3.11. The van der Waals surface area contributed by atoms with E-state index in [1.807, 2.05) is 12.1 Å². The van der Waals surface area contributed by atoms with Gasteiger partial charge in [0.05, 0.1) is 5.02 Å².